The zero-order valence-electron chi connectivity index (χ0n) is 22.4. The second-order valence-electron chi connectivity index (χ2n) is 11.4. The van der Waals surface area contributed by atoms with Crippen molar-refractivity contribution in [1.82, 2.24) is 9.80 Å². The summed E-state index contributed by atoms with van der Waals surface area (Å²) in [6, 6.07) is 16.4. The summed E-state index contributed by atoms with van der Waals surface area (Å²) in [5, 5.41) is 0. The smallest absolute Gasteiger partial charge is 0.261 e. The van der Waals surface area contributed by atoms with Crippen molar-refractivity contribution in [3.05, 3.63) is 105 Å². The predicted molar refractivity (Wildman–Crippen MR) is 145 cm³/mol. The Kier molecular flexibility index (Phi) is 7.15. The molecule has 3 aromatic carbocycles. The molecule has 3 amide bonds. The van der Waals surface area contributed by atoms with E-state index in [4.69, 9.17) is 5.73 Å². The van der Waals surface area contributed by atoms with Crippen LogP contribution in [-0.2, 0) is 19.5 Å². The molecule has 3 aromatic rings. The maximum Gasteiger partial charge on any atom is 0.261 e. The van der Waals surface area contributed by atoms with Gasteiger partial charge in [0.25, 0.3) is 17.7 Å². The van der Waals surface area contributed by atoms with Crippen molar-refractivity contribution in [1.29, 1.82) is 0 Å². The largest absolute Gasteiger partial charge is 0.365 e. The highest BCUT2D eigenvalue weighted by Crippen LogP contribution is 2.41. The van der Waals surface area contributed by atoms with Crippen LogP contribution in [0.5, 0.6) is 0 Å². The number of carbonyl (C=O) groups is 3. The molecule has 212 valence electrons. The van der Waals surface area contributed by atoms with Gasteiger partial charge in [0.05, 0.1) is 17.7 Å². The van der Waals surface area contributed by atoms with Crippen molar-refractivity contribution >= 4 is 17.7 Å². The Labute approximate surface area is 235 Å². The monoisotopic (exact) mass is 561 g/mol. The average molecular weight is 562 g/mol. The molecule has 0 saturated carbocycles. The molecule has 3 aliphatic rings. The number of fused-ring (bicyclic) bond motifs is 3. The molecule has 2 fully saturated rings. The summed E-state index contributed by atoms with van der Waals surface area (Å²) < 4.78 is 42.6. The lowest BCUT2D eigenvalue weighted by molar-refractivity contribution is 0.0641. The fraction of sp³-hybridized carbons (Fsp3) is 0.344. The molecule has 3 heterocycles. The molecule has 0 spiro atoms. The predicted octanol–water partition coefficient (Wildman–Crippen LogP) is 5.37. The molecule has 0 aliphatic carbocycles. The van der Waals surface area contributed by atoms with Crippen molar-refractivity contribution in [2.75, 3.05) is 0 Å². The Morgan fingerprint density at radius 2 is 1.44 bits per heavy atom. The Bertz CT molecular complexity index is 1510. The first-order chi connectivity index (χ1) is 19.7. The van der Waals surface area contributed by atoms with Gasteiger partial charge < -0.3 is 5.73 Å². The van der Waals surface area contributed by atoms with Crippen molar-refractivity contribution in [3.63, 3.8) is 0 Å². The van der Waals surface area contributed by atoms with Gasteiger partial charge in [-0.3, -0.25) is 24.2 Å². The lowest BCUT2D eigenvalue weighted by Crippen LogP contribution is -2.42. The summed E-state index contributed by atoms with van der Waals surface area (Å²) in [5.74, 6) is -5.45. The topological polar surface area (TPSA) is 83.7 Å². The van der Waals surface area contributed by atoms with Gasteiger partial charge in [0.1, 0.15) is 11.4 Å². The Morgan fingerprint density at radius 1 is 0.829 bits per heavy atom. The van der Waals surface area contributed by atoms with E-state index in [0.717, 1.165) is 49.4 Å². The number of primary amides is 1. The number of hydrogen-bond donors (Lipinski definition) is 1. The summed E-state index contributed by atoms with van der Waals surface area (Å²) in [7, 11) is 0. The minimum absolute atomic E-state index is 0.0256. The zero-order valence-corrected chi connectivity index (χ0v) is 22.4. The van der Waals surface area contributed by atoms with Crippen LogP contribution in [0.25, 0.3) is 0 Å². The third-order valence-corrected chi connectivity index (χ3v) is 8.86. The first kappa shape index (κ1) is 27.2. The maximum atomic E-state index is 14.7. The quantitative estimate of drug-likeness (QED) is 0.296. The van der Waals surface area contributed by atoms with Crippen LogP contribution in [0.2, 0.25) is 0 Å². The number of amides is 3. The van der Waals surface area contributed by atoms with Gasteiger partial charge in [-0.1, -0.05) is 36.4 Å². The molecule has 0 aromatic heterocycles. The molecule has 2 saturated heterocycles. The highest BCUT2D eigenvalue weighted by molar-refractivity contribution is 6.21. The summed E-state index contributed by atoms with van der Waals surface area (Å²) in [6.45, 7) is 0.963. The molecule has 6 nitrogen and oxygen atoms in total. The normalized spacial score (nSPS) is 21.9. The van der Waals surface area contributed by atoms with Crippen LogP contribution < -0.4 is 5.73 Å². The molecule has 0 radical (unpaired) electrons. The number of nitrogens with two attached hydrogens (primary N) is 1. The molecule has 6 rings (SSSR count). The van der Waals surface area contributed by atoms with Crippen molar-refractivity contribution in [3.8, 4) is 0 Å². The van der Waals surface area contributed by atoms with Crippen LogP contribution in [0.15, 0.2) is 54.6 Å². The fourth-order valence-electron chi connectivity index (χ4n) is 6.90. The summed E-state index contributed by atoms with van der Waals surface area (Å²) in [5.41, 5.74) is 6.91. The van der Waals surface area contributed by atoms with Gasteiger partial charge in [-0.05, 0) is 79.3 Å². The van der Waals surface area contributed by atoms with E-state index in [1.54, 1.807) is 24.3 Å². The van der Waals surface area contributed by atoms with E-state index in [1.807, 2.05) is 12.1 Å². The van der Waals surface area contributed by atoms with Crippen molar-refractivity contribution < 1.29 is 27.6 Å². The number of benzene rings is 3. The Hall–Kier alpha value is -3.98. The SMILES string of the molecule is NC(=O)c1c(F)c(F)cc(CCC2C[C@H]3CC[C@@H](C2)N3Cc2cccc(CN3C(=O)c4ccccc4C3=O)c2)c1F. The van der Waals surface area contributed by atoms with Gasteiger partial charge in [-0.2, -0.15) is 0 Å². The lowest BCUT2D eigenvalue weighted by Gasteiger charge is -2.39. The third kappa shape index (κ3) is 5.03. The van der Waals surface area contributed by atoms with Crippen LogP contribution >= 0.6 is 0 Å². The minimum Gasteiger partial charge on any atom is -0.365 e. The number of halogens is 3. The number of imide groups is 1. The molecule has 9 heteroatoms. The first-order valence-electron chi connectivity index (χ1n) is 14.0. The van der Waals surface area contributed by atoms with E-state index in [-0.39, 0.29) is 30.3 Å². The van der Waals surface area contributed by atoms with Crippen molar-refractivity contribution in [2.45, 2.75) is 63.7 Å². The third-order valence-electron chi connectivity index (χ3n) is 8.86. The Morgan fingerprint density at radius 3 is 2.05 bits per heavy atom. The number of hydrogen-bond acceptors (Lipinski definition) is 4. The van der Waals surface area contributed by atoms with E-state index in [2.05, 4.69) is 17.0 Å². The van der Waals surface area contributed by atoms with Crippen LogP contribution in [-0.4, -0.2) is 39.6 Å². The van der Waals surface area contributed by atoms with E-state index in [0.29, 0.717) is 35.5 Å². The van der Waals surface area contributed by atoms with E-state index in [9.17, 15) is 27.6 Å². The van der Waals surface area contributed by atoms with Gasteiger partial charge in [-0.25, -0.2) is 13.2 Å². The van der Waals surface area contributed by atoms with Gasteiger partial charge in [0, 0.05) is 18.6 Å². The second kappa shape index (κ2) is 10.8. The van der Waals surface area contributed by atoms with Gasteiger partial charge in [0.2, 0.25) is 0 Å². The van der Waals surface area contributed by atoms with Crippen LogP contribution in [0.4, 0.5) is 13.2 Å². The Balaban J connectivity index is 1.09. The molecular formula is C32H30F3N3O3. The molecule has 41 heavy (non-hydrogen) atoms. The molecule has 3 atom stereocenters. The fourth-order valence-corrected chi connectivity index (χ4v) is 6.90. The summed E-state index contributed by atoms with van der Waals surface area (Å²) >= 11 is 0. The number of rotatable bonds is 8. The second-order valence-corrected chi connectivity index (χ2v) is 11.4. The molecular weight excluding hydrogens is 531 g/mol. The van der Waals surface area contributed by atoms with Gasteiger partial charge >= 0.3 is 0 Å². The van der Waals surface area contributed by atoms with Crippen LogP contribution in [0, 0.1) is 23.4 Å². The lowest BCUT2D eigenvalue weighted by atomic mass is 9.85. The molecule has 2 bridgehead atoms. The number of carbonyl (C=O) groups excluding carboxylic acids is 3. The van der Waals surface area contributed by atoms with Crippen molar-refractivity contribution in [2.24, 2.45) is 11.7 Å². The molecule has 1 unspecified atom stereocenters. The van der Waals surface area contributed by atoms with E-state index in [1.165, 1.54) is 4.90 Å². The zero-order chi connectivity index (χ0) is 28.8. The van der Waals surface area contributed by atoms with Gasteiger partial charge in [0.15, 0.2) is 11.6 Å². The maximum absolute atomic E-state index is 14.7. The highest BCUT2D eigenvalue weighted by Gasteiger charge is 2.40. The molecule has 2 N–H and O–H groups in total. The number of piperidine rings is 1. The standard InChI is InChI=1S/C32H30F3N3O3/c33-26-15-21(28(34)27(29(26)35)30(36)39)9-8-18-13-22-10-11-23(14-18)37(22)16-19-4-3-5-20(12-19)17-38-31(40)24-6-1-2-7-25(24)32(38)41/h1-7,12,15,18,22-23H,8-11,13-14,16-17H2,(H2,36,39)/t18?,22-,23+. The molecule has 3 aliphatic heterocycles. The summed E-state index contributed by atoms with van der Waals surface area (Å²) in [6.07, 6.45) is 4.75. The van der Waals surface area contributed by atoms with E-state index >= 15 is 0 Å². The summed E-state index contributed by atoms with van der Waals surface area (Å²) in [4.78, 5) is 40.8. The van der Waals surface area contributed by atoms with Crippen LogP contribution in [0.3, 0.4) is 0 Å². The number of aryl methyl sites for hydroxylation is 1. The average Bonchev–Trinajstić information content (AvgIpc) is 3.32. The highest BCUT2D eigenvalue weighted by atomic mass is 19.2. The number of nitrogens with zero attached hydrogens (tertiary/aromatic N) is 2. The van der Waals surface area contributed by atoms with Gasteiger partial charge in [-0.15, -0.1) is 0 Å². The van der Waals surface area contributed by atoms with Crippen LogP contribution in [0.1, 0.15) is 79.9 Å². The van der Waals surface area contributed by atoms with E-state index < -0.39 is 28.9 Å². The minimum atomic E-state index is -1.54. The first-order valence-corrected chi connectivity index (χ1v) is 14.0.